The third-order valence-electron chi connectivity index (χ3n) is 2.32. The highest BCUT2D eigenvalue weighted by Gasteiger charge is 2.20. The average Bonchev–Trinajstić information content (AvgIpc) is 2.29. The van der Waals surface area contributed by atoms with E-state index in [1.807, 2.05) is 0 Å². The molecule has 1 rings (SSSR count). The maximum Gasteiger partial charge on any atom is 0.251 e. The molecule has 0 atom stereocenters. The van der Waals surface area contributed by atoms with Crippen molar-refractivity contribution in [3.8, 4) is 0 Å². The molecule has 0 aromatic heterocycles. The highest BCUT2D eigenvalue weighted by atomic mass is 35.5. The Balaban J connectivity index is 3.20. The monoisotopic (exact) mass is 299 g/mol. The fourth-order valence-electron chi connectivity index (χ4n) is 1.40. The van der Waals surface area contributed by atoms with Gasteiger partial charge in [-0.15, -0.1) is 0 Å². The first kappa shape index (κ1) is 15.3. The topological polar surface area (TPSA) is 66.4 Å². The first-order valence-corrected chi connectivity index (χ1v) is 6.81. The Bertz CT molecular complexity index is 534. The molecule has 1 aromatic carbocycles. The van der Waals surface area contributed by atoms with Crippen LogP contribution in [0.3, 0.4) is 0 Å². The summed E-state index contributed by atoms with van der Waals surface area (Å²) in [5.74, 6) is 0. The van der Waals surface area contributed by atoms with Crippen molar-refractivity contribution in [1.82, 2.24) is 4.72 Å². The molecule has 0 saturated carbocycles. The molecule has 0 saturated heterocycles. The van der Waals surface area contributed by atoms with Gasteiger partial charge < -0.3 is 5.11 Å². The Kier molecular flexibility index (Phi) is 5.03. The van der Waals surface area contributed by atoms with Crippen LogP contribution in [0.15, 0.2) is 17.0 Å². The molecule has 0 heterocycles. The SMILES string of the molecule is Cc1c(CO)cc(Cl)cc1S(=O)(=O)NCC(F)F. The second kappa shape index (κ2) is 5.92. The second-order valence-corrected chi connectivity index (χ2v) is 5.76. The summed E-state index contributed by atoms with van der Waals surface area (Å²) in [6.45, 7) is 0.116. The van der Waals surface area contributed by atoms with E-state index in [2.05, 4.69) is 0 Å². The van der Waals surface area contributed by atoms with Crippen LogP contribution >= 0.6 is 11.6 Å². The van der Waals surface area contributed by atoms with E-state index < -0.39 is 23.0 Å². The highest BCUT2D eigenvalue weighted by molar-refractivity contribution is 7.89. The predicted octanol–water partition coefficient (Wildman–Crippen LogP) is 1.68. The van der Waals surface area contributed by atoms with Gasteiger partial charge in [0.05, 0.1) is 18.0 Å². The third kappa shape index (κ3) is 3.61. The summed E-state index contributed by atoms with van der Waals surface area (Å²) in [6.07, 6.45) is -2.78. The van der Waals surface area contributed by atoms with Crippen LogP contribution in [-0.4, -0.2) is 26.5 Å². The third-order valence-corrected chi connectivity index (χ3v) is 4.09. The second-order valence-electron chi connectivity index (χ2n) is 3.59. The predicted molar refractivity (Wildman–Crippen MR) is 63.3 cm³/mol. The van der Waals surface area contributed by atoms with Crippen molar-refractivity contribution in [3.63, 3.8) is 0 Å². The molecule has 18 heavy (non-hydrogen) atoms. The largest absolute Gasteiger partial charge is 0.392 e. The highest BCUT2D eigenvalue weighted by Crippen LogP contribution is 2.24. The first-order valence-electron chi connectivity index (χ1n) is 4.95. The number of hydrogen-bond acceptors (Lipinski definition) is 3. The van der Waals surface area contributed by atoms with Crippen molar-refractivity contribution >= 4 is 21.6 Å². The van der Waals surface area contributed by atoms with Crippen molar-refractivity contribution in [1.29, 1.82) is 0 Å². The molecular formula is C10H12ClF2NO3S. The Hall–Kier alpha value is -0.760. The van der Waals surface area contributed by atoms with Crippen molar-refractivity contribution < 1.29 is 22.3 Å². The van der Waals surface area contributed by atoms with Gasteiger partial charge in [0.25, 0.3) is 6.43 Å². The molecule has 0 fully saturated rings. The quantitative estimate of drug-likeness (QED) is 0.869. The van der Waals surface area contributed by atoms with Crippen LogP contribution in [-0.2, 0) is 16.6 Å². The van der Waals surface area contributed by atoms with Crippen molar-refractivity contribution in [3.05, 3.63) is 28.3 Å². The standard InChI is InChI=1S/C10H12ClF2NO3S/c1-6-7(5-15)2-8(11)3-9(6)18(16,17)14-4-10(12)13/h2-3,10,14-15H,4-5H2,1H3. The van der Waals surface area contributed by atoms with E-state index in [9.17, 15) is 17.2 Å². The van der Waals surface area contributed by atoms with E-state index in [1.54, 1.807) is 4.72 Å². The number of benzene rings is 1. The maximum absolute atomic E-state index is 12.0. The van der Waals surface area contributed by atoms with Gasteiger partial charge in [-0.3, -0.25) is 0 Å². The van der Waals surface area contributed by atoms with Gasteiger partial charge in [-0.2, -0.15) is 0 Å². The molecule has 0 spiro atoms. The number of rotatable bonds is 5. The van der Waals surface area contributed by atoms with E-state index in [1.165, 1.54) is 13.0 Å². The summed E-state index contributed by atoms with van der Waals surface area (Å²) in [7, 11) is -4.07. The Morgan fingerprint density at radius 3 is 2.56 bits per heavy atom. The number of aliphatic hydroxyl groups excluding tert-OH is 1. The molecule has 2 N–H and O–H groups in total. The zero-order valence-electron chi connectivity index (χ0n) is 9.45. The minimum Gasteiger partial charge on any atom is -0.392 e. The Morgan fingerprint density at radius 1 is 1.44 bits per heavy atom. The lowest BCUT2D eigenvalue weighted by Gasteiger charge is -2.12. The molecule has 0 aliphatic carbocycles. The summed E-state index contributed by atoms with van der Waals surface area (Å²) in [5, 5.41) is 9.17. The van der Waals surface area contributed by atoms with Crippen LogP contribution < -0.4 is 4.72 Å². The summed E-state index contributed by atoms with van der Waals surface area (Å²) >= 11 is 5.72. The molecule has 8 heteroatoms. The Morgan fingerprint density at radius 2 is 2.06 bits per heavy atom. The van der Waals surface area contributed by atoms with Gasteiger partial charge >= 0.3 is 0 Å². The minimum atomic E-state index is -4.07. The number of halogens is 3. The van der Waals surface area contributed by atoms with Crippen LogP contribution in [0.5, 0.6) is 0 Å². The zero-order chi connectivity index (χ0) is 13.9. The molecule has 0 aliphatic heterocycles. The van der Waals surface area contributed by atoms with Crippen molar-refractivity contribution in [2.24, 2.45) is 0 Å². The number of sulfonamides is 1. The summed E-state index contributed by atoms with van der Waals surface area (Å²) in [5.41, 5.74) is 0.614. The lowest BCUT2D eigenvalue weighted by molar-refractivity contribution is 0.153. The number of aliphatic hydroxyl groups is 1. The van der Waals surface area contributed by atoms with Gasteiger partial charge in [0.15, 0.2) is 0 Å². The molecule has 0 radical (unpaired) electrons. The lowest BCUT2D eigenvalue weighted by Crippen LogP contribution is -2.29. The van der Waals surface area contributed by atoms with E-state index in [-0.39, 0.29) is 22.1 Å². The molecule has 0 bridgehead atoms. The zero-order valence-corrected chi connectivity index (χ0v) is 11.0. The summed E-state index contributed by atoms with van der Waals surface area (Å²) < 4.78 is 49.4. The molecule has 1 aromatic rings. The van der Waals surface area contributed by atoms with Crippen molar-refractivity contribution in [2.45, 2.75) is 24.9 Å². The van der Waals surface area contributed by atoms with Crippen molar-refractivity contribution in [2.75, 3.05) is 6.54 Å². The van der Waals surface area contributed by atoms with Gasteiger partial charge in [-0.05, 0) is 30.2 Å². The van der Waals surface area contributed by atoms with Gasteiger partial charge in [0.2, 0.25) is 10.0 Å². The van der Waals surface area contributed by atoms with E-state index in [4.69, 9.17) is 16.7 Å². The Labute approximate surface area is 109 Å². The van der Waals surface area contributed by atoms with Crippen LogP contribution in [0.1, 0.15) is 11.1 Å². The van der Waals surface area contributed by atoms with Crippen LogP contribution in [0.4, 0.5) is 8.78 Å². The van der Waals surface area contributed by atoms with Gasteiger partial charge in [0, 0.05) is 5.02 Å². The molecule has 0 unspecified atom stereocenters. The fraction of sp³-hybridized carbons (Fsp3) is 0.400. The maximum atomic E-state index is 12.0. The first-order chi connectivity index (χ1) is 8.27. The van der Waals surface area contributed by atoms with Crippen LogP contribution in [0, 0.1) is 6.92 Å². The fourth-order valence-corrected chi connectivity index (χ4v) is 3.02. The van der Waals surface area contributed by atoms with E-state index >= 15 is 0 Å². The lowest BCUT2D eigenvalue weighted by atomic mass is 10.1. The molecule has 4 nitrogen and oxygen atoms in total. The molecular weight excluding hydrogens is 288 g/mol. The van der Waals surface area contributed by atoms with Crippen LogP contribution in [0.25, 0.3) is 0 Å². The summed E-state index contributed by atoms with van der Waals surface area (Å²) in [6, 6.07) is 2.58. The normalized spacial score (nSPS) is 12.1. The van der Waals surface area contributed by atoms with E-state index in [0.717, 1.165) is 6.07 Å². The van der Waals surface area contributed by atoms with E-state index in [0.29, 0.717) is 5.56 Å². The minimum absolute atomic E-state index is 0.113. The smallest absolute Gasteiger partial charge is 0.251 e. The molecule has 0 amide bonds. The van der Waals surface area contributed by atoms with Gasteiger partial charge in [0.1, 0.15) is 0 Å². The average molecular weight is 300 g/mol. The number of nitrogens with one attached hydrogen (secondary N) is 1. The molecule has 0 aliphatic rings. The van der Waals surface area contributed by atoms with Gasteiger partial charge in [-0.1, -0.05) is 11.6 Å². The number of alkyl halides is 2. The summed E-state index contributed by atoms with van der Waals surface area (Å²) in [4.78, 5) is -0.209. The molecule has 102 valence electrons. The van der Waals surface area contributed by atoms with Gasteiger partial charge in [-0.25, -0.2) is 21.9 Å². The number of hydrogen-bond donors (Lipinski definition) is 2. The van der Waals surface area contributed by atoms with Crippen LogP contribution in [0.2, 0.25) is 5.02 Å².